The average molecular weight is 268 g/mol. The van der Waals surface area contributed by atoms with Gasteiger partial charge in [-0.2, -0.15) is 0 Å². The highest BCUT2D eigenvalue weighted by Crippen LogP contribution is 2.23. The normalized spacial score (nSPS) is 20.4. The third kappa shape index (κ3) is 2.66. The fourth-order valence-corrected chi connectivity index (χ4v) is 3.03. The third-order valence-corrected chi connectivity index (χ3v) is 4.62. The minimum Gasteiger partial charge on any atom is -0.488 e. The summed E-state index contributed by atoms with van der Waals surface area (Å²) in [5.74, 6) is 0.715. The molecular formula is C12H16N2O3S. The van der Waals surface area contributed by atoms with Crippen LogP contribution in [0.25, 0.3) is 0 Å². The Morgan fingerprint density at radius 1 is 1.17 bits per heavy atom. The first kappa shape index (κ1) is 12.0. The summed E-state index contributed by atoms with van der Waals surface area (Å²) in [6, 6.07) is 6.73. The molecule has 0 spiro atoms. The summed E-state index contributed by atoms with van der Waals surface area (Å²) in [5, 5.41) is 3.11. The molecule has 0 bridgehead atoms. The van der Waals surface area contributed by atoms with Crippen molar-refractivity contribution in [2.24, 2.45) is 0 Å². The molecule has 2 N–H and O–H groups in total. The Morgan fingerprint density at radius 2 is 1.83 bits per heavy atom. The lowest BCUT2D eigenvalue weighted by atomic mass is 10.2. The summed E-state index contributed by atoms with van der Waals surface area (Å²) >= 11 is 0. The third-order valence-electron chi connectivity index (χ3n) is 3.08. The molecule has 2 fully saturated rings. The minimum absolute atomic E-state index is 0.131. The van der Waals surface area contributed by atoms with Gasteiger partial charge in [-0.15, -0.1) is 0 Å². The van der Waals surface area contributed by atoms with E-state index in [-0.39, 0.29) is 12.1 Å². The summed E-state index contributed by atoms with van der Waals surface area (Å²) in [7, 11) is -3.35. The number of ether oxygens (including phenoxy) is 1. The molecule has 1 aliphatic heterocycles. The highest BCUT2D eigenvalue weighted by atomic mass is 32.2. The average Bonchev–Trinajstić information content (AvgIpc) is 3.07. The number of benzene rings is 1. The fourth-order valence-electron chi connectivity index (χ4n) is 1.72. The summed E-state index contributed by atoms with van der Waals surface area (Å²) in [6.07, 6.45) is 2.08. The van der Waals surface area contributed by atoms with Gasteiger partial charge in [-0.3, -0.25) is 0 Å². The van der Waals surface area contributed by atoms with Crippen molar-refractivity contribution >= 4 is 10.0 Å². The molecule has 1 aromatic rings. The van der Waals surface area contributed by atoms with E-state index in [1.807, 2.05) is 0 Å². The van der Waals surface area contributed by atoms with Crippen LogP contribution < -0.4 is 14.8 Å². The van der Waals surface area contributed by atoms with E-state index in [0.29, 0.717) is 10.6 Å². The van der Waals surface area contributed by atoms with Gasteiger partial charge in [-0.05, 0) is 37.1 Å². The van der Waals surface area contributed by atoms with Crippen LogP contribution in [0.15, 0.2) is 29.2 Å². The lowest BCUT2D eigenvalue weighted by molar-refractivity contribution is 0.142. The van der Waals surface area contributed by atoms with Crippen molar-refractivity contribution < 1.29 is 13.2 Å². The fraction of sp³-hybridized carbons (Fsp3) is 0.500. The second kappa shape index (κ2) is 4.53. The van der Waals surface area contributed by atoms with Gasteiger partial charge < -0.3 is 10.1 Å². The lowest BCUT2D eigenvalue weighted by Crippen LogP contribution is -2.50. The van der Waals surface area contributed by atoms with Crippen LogP contribution in [0.2, 0.25) is 0 Å². The van der Waals surface area contributed by atoms with Crippen LogP contribution in [-0.2, 0) is 10.0 Å². The highest BCUT2D eigenvalue weighted by molar-refractivity contribution is 7.89. The van der Waals surface area contributed by atoms with Gasteiger partial charge in [0.15, 0.2) is 0 Å². The number of hydrogen-bond acceptors (Lipinski definition) is 4. The highest BCUT2D eigenvalue weighted by Gasteiger charge is 2.28. The van der Waals surface area contributed by atoms with Gasteiger partial charge in [0.05, 0.1) is 4.90 Å². The van der Waals surface area contributed by atoms with E-state index in [2.05, 4.69) is 10.0 Å². The number of sulfonamides is 1. The summed E-state index contributed by atoms with van der Waals surface area (Å²) < 4.78 is 32.1. The van der Waals surface area contributed by atoms with Crippen LogP contribution in [-0.4, -0.2) is 33.7 Å². The first-order valence-corrected chi connectivity index (χ1v) is 7.61. The van der Waals surface area contributed by atoms with Gasteiger partial charge in [0, 0.05) is 19.1 Å². The van der Waals surface area contributed by atoms with E-state index in [9.17, 15) is 8.42 Å². The summed E-state index contributed by atoms with van der Waals surface area (Å²) in [4.78, 5) is 0.300. The molecule has 5 nitrogen and oxygen atoms in total. The van der Waals surface area contributed by atoms with Crippen molar-refractivity contribution in [1.29, 1.82) is 0 Å². The SMILES string of the molecule is O=S(=O)(NC1CC1)c1ccc(OC2CNC2)cc1. The Kier molecular flexibility index (Phi) is 3.01. The monoisotopic (exact) mass is 268 g/mol. The first-order chi connectivity index (χ1) is 8.63. The number of hydrogen-bond donors (Lipinski definition) is 2. The number of nitrogens with one attached hydrogen (secondary N) is 2. The Balaban J connectivity index is 1.69. The Hall–Kier alpha value is -1.11. The zero-order valence-corrected chi connectivity index (χ0v) is 10.7. The number of rotatable bonds is 5. The minimum atomic E-state index is -3.35. The maximum Gasteiger partial charge on any atom is 0.240 e. The van der Waals surface area contributed by atoms with Crippen LogP contribution in [0.4, 0.5) is 0 Å². The lowest BCUT2D eigenvalue weighted by Gasteiger charge is -2.27. The van der Waals surface area contributed by atoms with E-state index in [1.54, 1.807) is 24.3 Å². The second-order valence-corrected chi connectivity index (χ2v) is 6.48. The predicted octanol–water partition coefficient (Wildman–Crippen LogP) is 0.478. The zero-order chi connectivity index (χ0) is 12.6. The predicted molar refractivity (Wildman–Crippen MR) is 67.1 cm³/mol. The van der Waals surface area contributed by atoms with E-state index in [1.165, 1.54) is 0 Å². The van der Waals surface area contributed by atoms with E-state index in [0.717, 1.165) is 25.9 Å². The van der Waals surface area contributed by atoms with Crippen molar-refractivity contribution in [2.45, 2.75) is 29.9 Å². The molecule has 1 saturated carbocycles. The molecule has 1 heterocycles. The molecule has 1 aromatic carbocycles. The molecule has 0 atom stereocenters. The van der Waals surface area contributed by atoms with Crippen molar-refractivity contribution in [3.8, 4) is 5.75 Å². The molecule has 18 heavy (non-hydrogen) atoms. The van der Waals surface area contributed by atoms with Crippen molar-refractivity contribution in [3.05, 3.63) is 24.3 Å². The quantitative estimate of drug-likeness (QED) is 0.815. The van der Waals surface area contributed by atoms with Crippen LogP contribution in [0.3, 0.4) is 0 Å². The molecule has 1 aliphatic carbocycles. The van der Waals surface area contributed by atoms with Crippen LogP contribution in [0.5, 0.6) is 5.75 Å². The Morgan fingerprint density at radius 3 is 2.33 bits per heavy atom. The zero-order valence-electron chi connectivity index (χ0n) is 9.93. The molecule has 0 amide bonds. The van der Waals surface area contributed by atoms with Gasteiger partial charge in [0.2, 0.25) is 10.0 Å². The topological polar surface area (TPSA) is 67.4 Å². The molecule has 3 rings (SSSR count). The standard InChI is InChI=1S/C12H16N2O3S/c15-18(16,14-9-1-2-9)12-5-3-10(4-6-12)17-11-7-13-8-11/h3-6,9,11,13-14H,1-2,7-8H2. The largest absolute Gasteiger partial charge is 0.488 e. The van der Waals surface area contributed by atoms with Crippen LogP contribution >= 0.6 is 0 Å². The van der Waals surface area contributed by atoms with Crippen molar-refractivity contribution in [2.75, 3.05) is 13.1 Å². The smallest absolute Gasteiger partial charge is 0.240 e. The molecule has 1 saturated heterocycles. The van der Waals surface area contributed by atoms with Gasteiger partial charge in [-0.25, -0.2) is 13.1 Å². The molecule has 0 radical (unpaired) electrons. The van der Waals surface area contributed by atoms with E-state index >= 15 is 0 Å². The molecular weight excluding hydrogens is 252 g/mol. The van der Waals surface area contributed by atoms with E-state index in [4.69, 9.17) is 4.74 Å². The molecule has 6 heteroatoms. The maximum atomic E-state index is 11.9. The Bertz CT molecular complexity index is 519. The first-order valence-electron chi connectivity index (χ1n) is 6.13. The van der Waals surface area contributed by atoms with Gasteiger partial charge in [0.1, 0.15) is 11.9 Å². The molecule has 0 aromatic heterocycles. The van der Waals surface area contributed by atoms with Gasteiger partial charge in [0.25, 0.3) is 0 Å². The molecule has 0 unspecified atom stereocenters. The Labute approximate surface area is 107 Å². The van der Waals surface area contributed by atoms with Gasteiger partial charge in [-0.1, -0.05) is 0 Å². The maximum absolute atomic E-state index is 11.9. The van der Waals surface area contributed by atoms with Crippen LogP contribution in [0, 0.1) is 0 Å². The van der Waals surface area contributed by atoms with Gasteiger partial charge >= 0.3 is 0 Å². The molecule has 98 valence electrons. The van der Waals surface area contributed by atoms with Crippen LogP contribution in [0.1, 0.15) is 12.8 Å². The second-order valence-electron chi connectivity index (χ2n) is 4.77. The van der Waals surface area contributed by atoms with Crippen molar-refractivity contribution in [1.82, 2.24) is 10.0 Å². The molecule has 2 aliphatic rings. The summed E-state index contributed by atoms with van der Waals surface area (Å²) in [5.41, 5.74) is 0. The van der Waals surface area contributed by atoms with E-state index < -0.39 is 10.0 Å². The van der Waals surface area contributed by atoms with Crippen molar-refractivity contribution in [3.63, 3.8) is 0 Å². The summed E-state index contributed by atoms with van der Waals surface area (Å²) in [6.45, 7) is 1.70.